The van der Waals surface area contributed by atoms with Crippen molar-refractivity contribution in [1.82, 2.24) is 30.0 Å². The molecule has 0 radical (unpaired) electrons. The Kier molecular flexibility index (Phi) is 15.0. The van der Waals surface area contributed by atoms with Crippen molar-refractivity contribution in [2.45, 2.75) is 19.4 Å². The molecule has 0 aliphatic carbocycles. The molecule has 1 unspecified atom stereocenters. The minimum absolute atomic E-state index is 0.0748. The molecule has 2 N–H and O–H groups in total. The molecule has 3 heterocycles. The number of aryl methyl sites for hydroxylation is 1. The number of benzene rings is 3. The van der Waals surface area contributed by atoms with Crippen LogP contribution in [-0.4, -0.2) is 146 Å². The van der Waals surface area contributed by atoms with Crippen LogP contribution in [-0.2, 0) is 35.0 Å². The van der Waals surface area contributed by atoms with Gasteiger partial charge in [0, 0.05) is 69.4 Å². The fourth-order valence-corrected chi connectivity index (χ4v) is 7.04. The molecule has 1 aromatic heterocycles. The first kappa shape index (κ1) is 42.0. The van der Waals surface area contributed by atoms with Crippen molar-refractivity contribution >= 4 is 35.2 Å². The van der Waals surface area contributed by atoms with E-state index in [0.717, 1.165) is 44.0 Å². The number of nitrogens with zero attached hydrogens (tertiary/aromatic N) is 7. The summed E-state index contributed by atoms with van der Waals surface area (Å²) in [6.07, 6.45) is 4.48. The van der Waals surface area contributed by atoms with E-state index in [2.05, 4.69) is 36.7 Å². The summed E-state index contributed by atoms with van der Waals surface area (Å²) in [7, 11) is 1.64. The Balaban J connectivity index is 1.14. The van der Waals surface area contributed by atoms with E-state index in [1.807, 2.05) is 12.1 Å². The molecule has 6 rings (SSSR count). The van der Waals surface area contributed by atoms with Gasteiger partial charge in [0.2, 0.25) is 5.91 Å². The predicted molar refractivity (Wildman–Crippen MR) is 212 cm³/mol. The van der Waals surface area contributed by atoms with Gasteiger partial charge in [0.1, 0.15) is 18.2 Å². The third-order valence-corrected chi connectivity index (χ3v) is 10.1. The Bertz CT molecular complexity index is 2020. The molecule has 16 nitrogen and oxygen atoms in total. The zero-order chi connectivity index (χ0) is 40.9. The second kappa shape index (κ2) is 20.7. The minimum atomic E-state index is -1.09. The number of amides is 2. The van der Waals surface area contributed by atoms with Gasteiger partial charge in [0.05, 0.1) is 57.5 Å². The number of carbonyl (C=O) groups is 3. The first-order chi connectivity index (χ1) is 28.2. The van der Waals surface area contributed by atoms with Crippen molar-refractivity contribution in [2.24, 2.45) is 0 Å². The number of ether oxygens (including phenoxy) is 4. The number of carbonyl (C=O) groups excluding carboxylic acids is 2. The lowest BCUT2D eigenvalue weighted by atomic mass is 9.89. The van der Waals surface area contributed by atoms with Crippen LogP contribution in [0.2, 0.25) is 0 Å². The van der Waals surface area contributed by atoms with Crippen molar-refractivity contribution in [3.63, 3.8) is 0 Å². The van der Waals surface area contributed by atoms with Gasteiger partial charge in [-0.3, -0.25) is 14.5 Å². The third kappa shape index (κ3) is 10.7. The van der Waals surface area contributed by atoms with E-state index in [-0.39, 0.29) is 17.7 Å². The Morgan fingerprint density at radius 3 is 2.26 bits per heavy atom. The maximum absolute atomic E-state index is 15.5. The summed E-state index contributed by atoms with van der Waals surface area (Å²) >= 11 is 0. The summed E-state index contributed by atoms with van der Waals surface area (Å²) in [5.74, 6) is -2.58. The summed E-state index contributed by atoms with van der Waals surface area (Å²) in [6.45, 7) is 9.59. The zero-order valence-electron chi connectivity index (χ0n) is 32.7. The smallest absolute Gasteiger partial charge is 0.335 e. The second-order valence-electron chi connectivity index (χ2n) is 13.8. The lowest BCUT2D eigenvalue weighted by Gasteiger charge is -2.40. The largest absolute Gasteiger partial charge is 0.478 e. The molecular formula is C41H49FN8O8. The SMILES string of the molecule is COCCOCCOCCOCCN1CCN(c2cccc3c2CCN(C(=O)/C=C/c2c(-n4cnnn4)ccc(C)c2F)C3C(=O)Nc2ccc(C(=O)O)cc2)CC1. The van der Waals surface area contributed by atoms with E-state index in [1.165, 1.54) is 52.3 Å². The molecule has 2 aliphatic heterocycles. The number of aromatic nitrogens is 4. The number of tetrazole rings is 1. The number of fused-ring (bicyclic) bond motifs is 1. The predicted octanol–water partition coefficient (Wildman–Crippen LogP) is 3.40. The van der Waals surface area contributed by atoms with Crippen molar-refractivity contribution < 1.29 is 42.8 Å². The van der Waals surface area contributed by atoms with Crippen LogP contribution in [0.1, 0.15) is 38.7 Å². The molecule has 4 aromatic rings. The highest BCUT2D eigenvalue weighted by Gasteiger charge is 2.37. The number of halogens is 1. The van der Waals surface area contributed by atoms with Crippen LogP contribution < -0.4 is 10.2 Å². The Hall–Kier alpha value is -5.59. The number of aromatic carboxylic acids is 1. The summed E-state index contributed by atoms with van der Waals surface area (Å²) < 4.78 is 38.5. The van der Waals surface area contributed by atoms with Crippen molar-refractivity contribution in [1.29, 1.82) is 0 Å². The van der Waals surface area contributed by atoms with E-state index in [9.17, 15) is 19.5 Å². The van der Waals surface area contributed by atoms with Gasteiger partial charge in [-0.15, -0.1) is 5.10 Å². The van der Waals surface area contributed by atoms with Gasteiger partial charge < -0.3 is 39.2 Å². The van der Waals surface area contributed by atoms with Crippen LogP contribution in [0.25, 0.3) is 11.8 Å². The molecule has 0 spiro atoms. The van der Waals surface area contributed by atoms with Crippen LogP contribution in [0, 0.1) is 12.7 Å². The molecule has 2 aliphatic rings. The number of methoxy groups -OCH3 is 1. The van der Waals surface area contributed by atoms with E-state index >= 15 is 4.39 Å². The maximum atomic E-state index is 15.5. The molecule has 1 saturated heterocycles. The Morgan fingerprint density at radius 1 is 0.879 bits per heavy atom. The fraction of sp³-hybridized carbons (Fsp3) is 0.415. The van der Waals surface area contributed by atoms with Crippen LogP contribution in [0.15, 0.2) is 67.0 Å². The highest BCUT2D eigenvalue weighted by molar-refractivity contribution is 6.02. The molecule has 2 amide bonds. The molecular weight excluding hydrogens is 751 g/mol. The van der Waals surface area contributed by atoms with Crippen LogP contribution >= 0.6 is 0 Å². The summed E-state index contributed by atoms with van der Waals surface area (Å²) in [5, 5.41) is 23.4. The average Bonchev–Trinajstić information content (AvgIpc) is 3.78. The Labute approximate surface area is 336 Å². The number of anilines is 2. The maximum Gasteiger partial charge on any atom is 0.335 e. The van der Waals surface area contributed by atoms with E-state index in [4.69, 9.17) is 18.9 Å². The van der Waals surface area contributed by atoms with Gasteiger partial charge in [0.15, 0.2) is 0 Å². The third-order valence-electron chi connectivity index (χ3n) is 10.1. The van der Waals surface area contributed by atoms with E-state index < -0.39 is 29.6 Å². The van der Waals surface area contributed by atoms with Gasteiger partial charge in [-0.05, 0) is 82.9 Å². The molecule has 1 atom stereocenters. The molecule has 58 heavy (non-hydrogen) atoms. The summed E-state index contributed by atoms with van der Waals surface area (Å²) in [6, 6.07) is 13.9. The lowest BCUT2D eigenvalue weighted by molar-refractivity contribution is -0.135. The summed E-state index contributed by atoms with van der Waals surface area (Å²) in [4.78, 5) is 45.9. The number of carboxylic acid groups (broad SMARTS) is 1. The van der Waals surface area contributed by atoms with Crippen LogP contribution in [0.5, 0.6) is 0 Å². The molecule has 1 fully saturated rings. The number of hydrogen-bond donors (Lipinski definition) is 2. The first-order valence-corrected chi connectivity index (χ1v) is 19.2. The standard InChI is InChI=1S/C41H49FN8O8/c1-29-6-12-36(50-28-43-45-46-50)34(38(29)42)11-13-37(51)49-15-14-32-33(39(49)40(52)44-31-9-7-30(8-10-31)41(53)54)4-3-5-35(32)48-18-16-47(17-19-48)20-21-56-24-25-58-27-26-57-23-22-55-2/h3-13,28,39H,14-27H2,1-2H3,(H,44,52)(H,53,54)/b13-11+. The summed E-state index contributed by atoms with van der Waals surface area (Å²) in [5.41, 5.74) is 3.96. The number of hydrogen-bond acceptors (Lipinski definition) is 12. The lowest BCUT2D eigenvalue weighted by Crippen LogP contribution is -2.48. The number of carboxylic acids is 1. The monoisotopic (exact) mass is 800 g/mol. The minimum Gasteiger partial charge on any atom is -0.478 e. The van der Waals surface area contributed by atoms with E-state index in [1.54, 1.807) is 26.2 Å². The van der Waals surface area contributed by atoms with Gasteiger partial charge in [0.25, 0.3) is 5.91 Å². The van der Waals surface area contributed by atoms with Crippen molar-refractivity contribution in [3.05, 3.63) is 101 Å². The molecule has 3 aromatic carbocycles. The molecule has 17 heteroatoms. The molecule has 0 saturated carbocycles. The van der Waals surface area contributed by atoms with Gasteiger partial charge in [-0.25, -0.2) is 9.18 Å². The number of rotatable bonds is 19. The second-order valence-corrected chi connectivity index (χ2v) is 13.8. The highest BCUT2D eigenvalue weighted by atomic mass is 19.1. The van der Waals surface area contributed by atoms with Gasteiger partial charge in [-0.1, -0.05) is 18.2 Å². The van der Waals surface area contributed by atoms with Gasteiger partial charge in [-0.2, -0.15) is 4.68 Å². The Morgan fingerprint density at radius 2 is 1.59 bits per heavy atom. The number of piperazine rings is 1. The first-order valence-electron chi connectivity index (χ1n) is 19.2. The molecule has 308 valence electrons. The molecule has 0 bridgehead atoms. The fourth-order valence-electron chi connectivity index (χ4n) is 7.04. The average molecular weight is 801 g/mol. The van der Waals surface area contributed by atoms with Crippen LogP contribution in [0.3, 0.4) is 0 Å². The topological polar surface area (TPSA) is 174 Å². The van der Waals surface area contributed by atoms with E-state index in [0.29, 0.717) is 75.2 Å². The normalized spacial score (nSPS) is 15.8. The van der Waals surface area contributed by atoms with Crippen molar-refractivity contribution in [3.8, 4) is 5.69 Å². The van der Waals surface area contributed by atoms with Crippen molar-refractivity contribution in [2.75, 3.05) is 103 Å². The van der Waals surface area contributed by atoms with Crippen LogP contribution in [0.4, 0.5) is 15.8 Å². The van der Waals surface area contributed by atoms with Gasteiger partial charge >= 0.3 is 5.97 Å². The zero-order valence-corrected chi connectivity index (χ0v) is 32.7. The number of nitrogens with one attached hydrogen (secondary N) is 1. The highest BCUT2D eigenvalue weighted by Crippen LogP contribution is 2.37. The quantitative estimate of drug-likeness (QED) is 0.105.